The standard InChI is InChI=1S/C17H24N4O2S/c1-2-9-19-20-15-7-11-21(12-8-15)24(22,23)17-5-3-4-14-13-18-10-6-16(14)17/h3-6,10,13,15,19-20H,2,7-9,11-12H2,1H3. The largest absolute Gasteiger partial charge is 0.264 e. The second kappa shape index (κ2) is 7.57. The van der Waals surface area contributed by atoms with E-state index in [0.717, 1.165) is 36.6 Å². The van der Waals surface area contributed by atoms with Crippen molar-refractivity contribution in [2.45, 2.75) is 37.1 Å². The number of fused-ring (bicyclic) bond motifs is 1. The molecule has 0 aliphatic carbocycles. The summed E-state index contributed by atoms with van der Waals surface area (Å²) >= 11 is 0. The van der Waals surface area contributed by atoms with Crippen LogP contribution in [0.25, 0.3) is 10.8 Å². The van der Waals surface area contributed by atoms with Crippen LogP contribution in [0.1, 0.15) is 26.2 Å². The van der Waals surface area contributed by atoms with Crippen LogP contribution in [0, 0.1) is 0 Å². The van der Waals surface area contributed by atoms with E-state index in [4.69, 9.17) is 0 Å². The topological polar surface area (TPSA) is 74.3 Å². The summed E-state index contributed by atoms with van der Waals surface area (Å²) in [5.41, 5.74) is 6.47. The number of hydrogen-bond acceptors (Lipinski definition) is 5. The van der Waals surface area contributed by atoms with E-state index in [-0.39, 0.29) is 0 Å². The van der Waals surface area contributed by atoms with E-state index >= 15 is 0 Å². The maximum absolute atomic E-state index is 13.0. The number of aromatic nitrogens is 1. The second-order valence-corrected chi connectivity index (χ2v) is 8.01. The summed E-state index contributed by atoms with van der Waals surface area (Å²) in [6.45, 7) is 4.11. The van der Waals surface area contributed by atoms with Gasteiger partial charge in [-0.1, -0.05) is 19.1 Å². The predicted molar refractivity (Wildman–Crippen MR) is 95.0 cm³/mol. The molecular formula is C17H24N4O2S. The number of benzene rings is 1. The number of pyridine rings is 1. The first kappa shape index (κ1) is 17.3. The molecule has 24 heavy (non-hydrogen) atoms. The summed E-state index contributed by atoms with van der Waals surface area (Å²) in [5.74, 6) is 0. The van der Waals surface area contributed by atoms with Crippen LogP contribution in [0.15, 0.2) is 41.6 Å². The Morgan fingerprint density at radius 2 is 2.04 bits per heavy atom. The van der Waals surface area contributed by atoms with Gasteiger partial charge in [0.15, 0.2) is 0 Å². The van der Waals surface area contributed by atoms with Gasteiger partial charge in [-0.3, -0.25) is 15.8 Å². The zero-order valence-electron chi connectivity index (χ0n) is 13.9. The molecule has 2 heterocycles. The number of sulfonamides is 1. The van der Waals surface area contributed by atoms with Gasteiger partial charge in [-0.2, -0.15) is 4.31 Å². The van der Waals surface area contributed by atoms with E-state index in [0.29, 0.717) is 24.0 Å². The summed E-state index contributed by atoms with van der Waals surface area (Å²) < 4.78 is 27.7. The quantitative estimate of drug-likeness (QED) is 0.616. The number of rotatable bonds is 6. The van der Waals surface area contributed by atoms with E-state index in [2.05, 4.69) is 22.8 Å². The fraction of sp³-hybridized carbons (Fsp3) is 0.471. The Morgan fingerprint density at radius 1 is 1.25 bits per heavy atom. The van der Waals surface area contributed by atoms with Crippen LogP contribution >= 0.6 is 0 Å². The number of nitrogens with one attached hydrogen (secondary N) is 2. The Kier molecular flexibility index (Phi) is 5.45. The molecule has 1 aromatic carbocycles. The van der Waals surface area contributed by atoms with E-state index in [9.17, 15) is 8.42 Å². The minimum absolute atomic E-state index is 0.319. The molecule has 0 bridgehead atoms. The first-order valence-electron chi connectivity index (χ1n) is 8.44. The first-order chi connectivity index (χ1) is 11.6. The lowest BCUT2D eigenvalue weighted by atomic mass is 10.1. The van der Waals surface area contributed by atoms with Gasteiger partial charge in [0.25, 0.3) is 0 Å². The third kappa shape index (κ3) is 3.59. The maximum Gasteiger partial charge on any atom is 0.243 e. The summed E-state index contributed by atoms with van der Waals surface area (Å²) in [7, 11) is -3.48. The Morgan fingerprint density at radius 3 is 2.79 bits per heavy atom. The molecule has 1 saturated heterocycles. The maximum atomic E-state index is 13.0. The Bertz CT molecular complexity index is 781. The van der Waals surface area contributed by atoms with Crippen molar-refractivity contribution in [3.63, 3.8) is 0 Å². The summed E-state index contributed by atoms with van der Waals surface area (Å²) in [6, 6.07) is 7.44. The molecule has 0 atom stereocenters. The van der Waals surface area contributed by atoms with Crippen molar-refractivity contribution >= 4 is 20.8 Å². The fourth-order valence-electron chi connectivity index (χ4n) is 3.04. The first-order valence-corrected chi connectivity index (χ1v) is 9.88. The van der Waals surface area contributed by atoms with E-state index < -0.39 is 10.0 Å². The Balaban J connectivity index is 1.75. The molecule has 1 aromatic heterocycles. The van der Waals surface area contributed by atoms with E-state index in [1.807, 2.05) is 6.07 Å². The van der Waals surface area contributed by atoms with Crippen molar-refractivity contribution in [3.05, 3.63) is 36.7 Å². The van der Waals surface area contributed by atoms with Crippen molar-refractivity contribution in [1.29, 1.82) is 0 Å². The van der Waals surface area contributed by atoms with Crippen LogP contribution in [-0.2, 0) is 10.0 Å². The molecular weight excluding hydrogens is 324 g/mol. The third-order valence-electron chi connectivity index (χ3n) is 4.39. The molecule has 2 N–H and O–H groups in total. The molecule has 0 radical (unpaired) electrons. The monoisotopic (exact) mass is 348 g/mol. The fourth-order valence-corrected chi connectivity index (χ4v) is 4.72. The van der Waals surface area contributed by atoms with Crippen LogP contribution in [0.4, 0.5) is 0 Å². The molecule has 1 fully saturated rings. The lowest BCUT2D eigenvalue weighted by molar-refractivity contribution is 0.271. The molecule has 0 spiro atoms. The molecule has 1 aliphatic heterocycles. The highest BCUT2D eigenvalue weighted by Gasteiger charge is 2.30. The van der Waals surface area contributed by atoms with E-state index in [1.165, 1.54) is 0 Å². The molecule has 6 nitrogen and oxygen atoms in total. The van der Waals surface area contributed by atoms with Gasteiger partial charge >= 0.3 is 0 Å². The third-order valence-corrected chi connectivity index (χ3v) is 6.35. The number of nitrogens with zero attached hydrogens (tertiary/aromatic N) is 2. The van der Waals surface area contributed by atoms with Crippen molar-refractivity contribution in [2.75, 3.05) is 19.6 Å². The minimum atomic E-state index is -3.48. The van der Waals surface area contributed by atoms with Crippen LogP contribution in [0.3, 0.4) is 0 Å². The normalized spacial score (nSPS) is 17.4. The van der Waals surface area contributed by atoms with Crippen LogP contribution in [0.5, 0.6) is 0 Å². The van der Waals surface area contributed by atoms with Gasteiger partial charge in [-0.25, -0.2) is 8.42 Å². The van der Waals surface area contributed by atoms with Crippen molar-refractivity contribution in [1.82, 2.24) is 20.1 Å². The van der Waals surface area contributed by atoms with Crippen molar-refractivity contribution in [2.24, 2.45) is 0 Å². The molecule has 7 heteroatoms. The molecule has 0 saturated carbocycles. The molecule has 1 aliphatic rings. The molecule has 0 amide bonds. The van der Waals surface area contributed by atoms with Gasteiger partial charge < -0.3 is 0 Å². The molecule has 130 valence electrons. The average molecular weight is 348 g/mol. The smallest absolute Gasteiger partial charge is 0.243 e. The summed E-state index contributed by atoms with van der Waals surface area (Å²) in [4.78, 5) is 4.44. The van der Waals surface area contributed by atoms with Gasteiger partial charge in [0.2, 0.25) is 10.0 Å². The van der Waals surface area contributed by atoms with Crippen LogP contribution in [0.2, 0.25) is 0 Å². The summed E-state index contributed by atoms with van der Waals surface area (Å²) in [6.07, 6.45) is 6.02. The Hall–Kier alpha value is -1.54. The number of hydrazine groups is 1. The lowest BCUT2D eigenvalue weighted by Gasteiger charge is -2.32. The molecule has 2 aromatic rings. The van der Waals surface area contributed by atoms with E-state index in [1.54, 1.807) is 34.9 Å². The highest BCUT2D eigenvalue weighted by atomic mass is 32.2. The second-order valence-electron chi connectivity index (χ2n) is 6.10. The average Bonchev–Trinajstić information content (AvgIpc) is 2.62. The van der Waals surface area contributed by atoms with Crippen molar-refractivity contribution in [3.8, 4) is 0 Å². The predicted octanol–water partition coefficient (Wildman–Crippen LogP) is 1.89. The minimum Gasteiger partial charge on any atom is -0.264 e. The highest BCUT2D eigenvalue weighted by molar-refractivity contribution is 7.89. The lowest BCUT2D eigenvalue weighted by Crippen LogP contribution is -2.49. The number of hydrogen-bond donors (Lipinski definition) is 2. The van der Waals surface area contributed by atoms with Gasteiger partial charge in [-0.05, 0) is 31.4 Å². The van der Waals surface area contributed by atoms with Crippen LogP contribution in [-0.4, -0.2) is 43.4 Å². The van der Waals surface area contributed by atoms with Crippen LogP contribution < -0.4 is 10.9 Å². The zero-order chi connectivity index (χ0) is 17.0. The number of piperidine rings is 1. The zero-order valence-corrected chi connectivity index (χ0v) is 14.7. The van der Waals surface area contributed by atoms with Gasteiger partial charge in [0, 0.05) is 48.8 Å². The van der Waals surface area contributed by atoms with Gasteiger partial charge in [0.1, 0.15) is 0 Å². The van der Waals surface area contributed by atoms with Gasteiger partial charge in [0.05, 0.1) is 4.90 Å². The molecule has 3 rings (SSSR count). The van der Waals surface area contributed by atoms with Crippen molar-refractivity contribution < 1.29 is 8.42 Å². The SMILES string of the molecule is CCCNNC1CCN(S(=O)(=O)c2cccc3cnccc23)CC1. The van der Waals surface area contributed by atoms with Gasteiger partial charge in [-0.15, -0.1) is 0 Å². The Labute approximate surface area is 143 Å². The molecule has 0 unspecified atom stereocenters. The highest BCUT2D eigenvalue weighted by Crippen LogP contribution is 2.27. The summed E-state index contributed by atoms with van der Waals surface area (Å²) in [5, 5.41) is 1.58.